The van der Waals surface area contributed by atoms with Crippen molar-refractivity contribution in [3.63, 3.8) is 0 Å². The summed E-state index contributed by atoms with van der Waals surface area (Å²) in [7, 11) is -2.18. The molecule has 1 aromatic rings. The van der Waals surface area contributed by atoms with Gasteiger partial charge in [-0.2, -0.15) is 0 Å². The van der Waals surface area contributed by atoms with Gasteiger partial charge in [0.25, 0.3) is 0 Å². The minimum atomic E-state index is -6.00. The van der Waals surface area contributed by atoms with Gasteiger partial charge in [-0.05, 0) is 24.3 Å². The maximum absolute atomic E-state index is 9.75. The van der Waals surface area contributed by atoms with E-state index in [-0.39, 0.29) is 0 Å². The number of benzene rings is 1. The molecule has 2 N–H and O–H groups in total. The molecule has 0 aliphatic rings. The lowest BCUT2D eigenvalue weighted by Crippen LogP contribution is -2.02. The van der Waals surface area contributed by atoms with Crippen molar-refractivity contribution < 1.29 is 17.3 Å². The fourth-order valence-electron chi connectivity index (χ4n) is 0.804. The molecular weight excluding hydrogens is 211 g/mol. The highest BCUT2D eigenvalue weighted by molar-refractivity contribution is 6.50. The lowest BCUT2D eigenvalue weighted by atomic mass is 10.3. The highest BCUT2D eigenvalue weighted by atomic mass is 19.5. The molecule has 0 aliphatic carbocycles. The van der Waals surface area contributed by atoms with Crippen molar-refractivity contribution in [3.05, 3.63) is 24.3 Å². The number of anilines is 2. The van der Waals surface area contributed by atoms with E-state index >= 15 is 0 Å². The molecule has 15 heavy (non-hydrogen) atoms. The third-order valence-corrected chi connectivity index (χ3v) is 1.46. The zero-order valence-corrected chi connectivity index (χ0v) is 8.40. The molecule has 0 aromatic heterocycles. The monoisotopic (exact) mass is 223 g/mol. The Bertz CT molecular complexity index is 244. The van der Waals surface area contributed by atoms with Gasteiger partial charge in [-0.25, -0.2) is 0 Å². The van der Waals surface area contributed by atoms with Crippen LogP contribution >= 0.6 is 0 Å². The van der Waals surface area contributed by atoms with Crippen LogP contribution in [-0.2, 0) is 0 Å². The van der Waals surface area contributed by atoms with E-state index in [0.29, 0.717) is 0 Å². The Kier molecular flexibility index (Phi) is 5.58. The third kappa shape index (κ3) is 8.92. The van der Waals surface area contributed by atoms with E-state index in [9.17, 15) is 17.3 Å². The van der Waals surface area contributed by atoms with Crippen LogP contribution < -0.4 is 10.6 Å². The normalized spacial score (nSPS) is 10.0. The van der Waals surface area contributed by atoms with E-state index in [1.807, 2.05) is 38.4 Å². The second-order valence-corrected chi connectivity index (χ2v) is 2.57. The Labute approximate surface area is 85.8 Å². The van der Waals surface area contributed by atoms with Gasteiger partial charge in [0, 0.05) is 25.5 Å². The molecule has 0 heterocycles. The summed E-state index contributed by atoms with van der Waals surface area (Å²) in [6.45, 7) is 0. The minimum Gasteiger partial charge on any atom is -0.418 e. The number of hydrogen-bond acceptors (Lipinski definition) is 2. The number of rotatable bonds is 2. The van der Waals surface area contributed by atoms with Crippen LogP contribution in [-0.4, -0.2) is 21.3 Å². The lowest BCUT2D eigenvalue weighted by Gasteiger charge is -2.01. The van der Waals surface area contributed by atoms with E-state index in [1.54, 1.807) is 0 Å². The zero-order valence-electron chi connectivity index (χ0n) is 8.40. The van der Waals surface area contributed by atoms with Gasteiger partial charge in [0.1, 0.15) is 0 Å². The van der Waals surface area contributed by atoms with Crippen LogP contribution in [0, 0.1) is 0 Å². The van der Waals surface area contributed by atoms with Crippen molar-refractivity contribution in [2.24, 2.45) is 0 Å². The molecular formula is C8H12BF4N2-. The maximum Gasteiger partial charge on any atom is 0.673 e. The fourth-order valence-corrected chi connectivity index (χ4v) is 0.804. The molecule has 0 radical (unpaired) electrons. The van der Waals surface area contributed by atoms with Gasteiger partial charge < -0.3 is 27.9 Å². The largest absolute Gasteiger partial charge is 0.673 e. The van der Waals surface area contributed by atoms with Gasteiger partial charge >= 0.3 is 7.25 Å². The highest BCUT2D eigenvalue weighted by Crippen LogP contribution is 2.11. The van der Waals surface area contributed by atoms with E-state index in [4.69, 9.17) is 0 Å². The predicted octanol–water partition coefficient (Wildman–Crippen LogP) is 3.07. The number of hydrogen-bond donors (Lipinski definition) is 2. The Morgan fingerprint density at radius 2 is 1.00 bits per heavy atom. The topological polar surface area (TPSA) is 24.1 Å². The fraction of sp³-hybridized carbons (Fsp3) is 0.250. The van der Waals surface area contributed by atoms with Crippen LogP contribution in [0.5, 0.6) is 0 Å². The van der Waals surface area contributed by atoms with Gasteiger partial charge in [0.15, 0.2) is 0 Å². The SMILES string of the molecule is CNc1ccc(NC)cc1.F[B-](F)(F)F. The van der Waals surface area contributed by atoms with Gasteiger partial charge in [-0.1, -0.05) is 0 Å². The quantitative estimate of drug-likeness (QED) is 0.594. The van der Waals surface area contributed by atoms with Gasteiger partial charge in [0.2, 0.25) is 0 Å². The molecule has 1 aromatic carbocycles. The molecule has 0 unspecified atom stereocenters. The first-order chi connectivity index (χ1) is 6.86. The Morgan fingerprint density at radius 3 is 1.13 bits per heavy atom. The van der Waals surface area contributed by atoms with Crippen LogP contribution in [0.15, 0.2) is 24.3 Å². The summed E-state index contributed by atoms with van der Waals surface area (Å²) < 4.78 is 39.0. The van der Waals surface area contributed by atoms with Crippen LogP contribution in [0.3, 0.4) is 0 Å². The first kappa shape index (κ1) is 13.6. The lowest BCUT2D eigenvalue weighted by molar-refractivity contribution is 0.368. The molecule has 0 spiro atoms. The first-order valence-corrected chi connectivity index (χ1v) is 4.19. The summed E-state index contributed by atoms with van der Waals surface area (Å²) in [4.78, 5) is 0. The summed E-state index contributed by atoms with van der Waals surface area (Å²) >= 11 is 0. The predicted molar refractivity (Wildman–Crippen MR) is 55.7 cm³/mol. The number of nitrogens with one attached hydrogen (secondary N) is 2. The first-order valence-electron chi connectivity index (χ1n) is 4.19. The Hall–Kier alpha value is -1.40. The maximum atomic E-state index is 9.75. The van der Waals surface area contributed by atoms with Crippen molar-refractivity contribution in [3.8, 4) is 0 Å². The van der Waals surface area contributed by atoms with Gasteiger partial charge in [0.05, 0.1) is 0 Å². The van der Waals surface area contributed by atoms with Crippen molar-refractivity contribution in [1.82, 2.24) is 0 Å². The average molecular weight is 223 g/mol. The molecule has 0 aliphatic heterocycles. The van der Waals surface area contributed by atoms with Gasteiger partial charge in [-0.3, -0.25) is 0 Å². The zero-order chi connectivity index (χ0) is 11.9. The summed E-state index contributed by atoms with van der Waals surface area (Å²) in [5.41, 5.74) is 2.28. The van der Waals surface area contributed by atoms with Crippen LogP contribution in [0.25, 0.3) is 0 Å². The van der Waals surface area contributed by atoms with E-state index in [0.717, 1.165) is 11.4 Å². The molecule has 0 atom stereocenters. The highest BCUT2D eigenvalue weighted by Gasteiger charge is 2.20. The standard InChI is InChI=1S/C8H12N2.BF4/c1-9-7-3-5-8(10-2)6-4-7;2-1(3,4)5/h3-6,9-10H,1-2H3;/q;-1. The summed E-state index contributed by atoms with van der Waals surface area (Å²) in [6, 6.07) is 8.13. The molecule has 0 amide bonds. The van der Waals surface area contributed by atoms with E-state index in [1.165, 1.54) is 0 Å². The van der Waals surface area contributed by atoms with Crippen LogP contribution in [0.2, 0.25) is 0 Å². The van der Waals surface area contributed by atoms with Crippen molar-refractivity contribution in [2.75, 3.05) is 24.7 Å². The Morgan fingerprint density at radius 1 is 0.800 bits per heavy atom. The molecule has 7 heteroatoms. The van der Waals surface area contributed by atoms with Crippen molar-refractivity contribution >= 4 is 18.6 Å². The number of halogens is 4. The molecule has 0 saturated carbocycles. The third-order valence-electron chi connectivity index (χ3n) is 1.46. The summed E-state index contributed by atoms with van der Waals surface area (Å²) in [5.74, 6) is 0. The summed E-state index contributed by atoms with van der Waals surface area (Å²) in [5, 5.41) is 6.10. The second-order valence-electron chi connectivity index (χ2n) is 2.57. The van der Waals surface area contributed by atoms with E-state index < -0.39 is 7.25 Å². The second kappa shape index (κ2) is 6.16. The van der Waals surface area contributed by atoms with Crippen LogP contribution in [0.4, 0.5) is 28.6 Å². The average Bonchev–Trinajstić information content (AvgIpc) is 2.15. The Balaban J connectivity index is 0.000000336. The molecule has 0 bridgehead atoms. The summed E-state index contributed by atoms with van der Waals surface area (Å²) in [6.07, 6.45) is 0. The smallest absolute Gasteiger partial charge is 0.418 e. The van der Waals surface area contributed by atoms with Gasteiger partial charge in [-0.15, -0.1) is 0 Å². The van der Waals surface area contributed by atoms with Crippen LogP contribution in [0.1, 0.15) is 0 Å². The molecule has 86 valence electrons. The minimum absolute atomic E-state index is 1.14. The van der Waals surface area contributed by atoms with E-state index in [2.05, 4.69) is 10.6 Å². The molecule has 2 nitrogen and oxygen atoms in total. The van der Waals surface area contributed by atoms with Crippen molar-refractivity contribution in [1.29, 1.82) is 0 Å². The van der Waals surface area contributed by atoms with Crippen molar-refractivity contribution in [2.45, 2.75) is 0 Å². The molecule has 1 rings (SSSR count). The molecule has 0 fully saturated rings. The molecule has 0 saturated heterocycles.